The summed E-state index contributed by atoms with van der Waals surface area (Å²) in [6.45, 7) is 5.21. The summed E-state index contributed by atoms with van der Waals surface area (Å²) >= 11 is 0. The molecular weight excluding hydrogens is 122 g/mol. The zero-order valence-corrected chi connectivity index (χ0v) is 6.83. The second-order valence-electron chi connectivity index (χ2n) is 3.16. The molecule has 1 aliphatic carbocycles. The molecule has 0 aromatic rings. The Morgan fingerprint density at radius 3 is 2.70 bits per heavy atom. The minimum absolute atomic E-state index is 0.482. The molecule has 1 N–H and O–H groups in total. The Morgan fingerprint density at radius 1 is 1.50 bits per heavy atom. The standard InChI is InChI=1S/C9H15N/c1-3-4-5-8-10-9(2)6-7-9/h10H,5-8H2,1-2H3. The van der Waals surface area contributed by atoms with Gasteiger partial charge in [-0.2, -0.15) is 0 Å². The van der Waals surface area contributed by atoms with Crippen LogP contribution in [0.15, 0.2) is 0 Å². The zero-order valence-electron chi connectivity index (χ0n) is 6.83. The van der Waals surface area contributed by atoms with Crippen LogP contribution in [0, 0.1) is 11.8 Å². The average Bonchev–Trinajstić information content (AvgIpc) is 2.62. The van der Waals surface area contributed by atoms with Crippen molar-refractivity contribution in [3.63, 3.8) is 0 Å². The summed E-state index contributed by atoms with van der Waals surface area (Å²) in [4.78, 5) is 0. The molecule has 0 atom stereocenters. The molecule has 0 aromatic carbocycles. The molecule has 0 unspecified atom stereocenters. The van der Waals surface area contributed by atoms with E-state index in [4.69, 9.17) is 0 Å². The first-order chi connectivity index (χ1) is 4.77. The predicted molar refractivity (Wildman–Crippen MR) is 43.7 cm³/mol. The summed E-state index contributed by atoms with van der Waals surface area (Å²) in [5.74, 6) is 5.92. The summed E-state index contributed by atoms with van der Waals surface area (Å²) < 4.78 is 0. The van der Waals surface area contributed by atoms with E-state index in [1.54, 1.807) is 0 Å². The molecule has 1 heteroatoms. The molecule has 0 saturated heterocycles. The van der Waals surface area contributed by atoms with E-state index in [0.29, 0.717) is 5.54 Å². The Kier molecular flexibility index (Phi) is 2.34. The third-order valence-electron chi connectivity index (χ3n) is 1.98. The summed E-state index contributed by atoms with van der Waals surface area (Å²) in [6, 6.07) is 0. The molecule has 1 fully saturated rings. The largest absolute Gasteiger partial charge is 0.311 e. The van der Waals surface area contributed by atoms with E-state index in [-0.39, 0.29) is 0 Å². The van der Waals surface area contributed by atoms with E-state index in [1.165, 1.54) is 12.8 Å². The van der Waals surface area contributed by atoms with Gasteiger partial charge in [0, 0.05) is 18.5 Å². The van der Waals surface area contributed by atoms with Crippen molar-refractivity contribution in [1.29, 1.82) is 0 Å². The topological polar surface area (TPSA) is 12.0 Å². The number of rotatable bonds is 3. The van der Waals surface area contributed by atoms with Gasteiger partial charge in [-0.15, -0.1) is 11.8 Å². The lowest BCUT2D eigenvalue weighted by Crippen LogP contribution is -2.28. The van der Waals surface area contributed by atoms with Gasteiger partial charge in [-0.1, -0.05) is 0 Å². The minimum atomic E-state index is 0.482. The highest BCUT2D eigenvalue weighted by atomic mass is 15.0. The summed E-state index contributed by atoms with van der Waals surface area (Å²) in [7, 11) is 0. The van der Waals surface area contributed by atoms with Crippen LogP contribution in [0.25, 0.3) is 0 Å². The van der Waals surface area contributed by atoms with Gasteiger partial charge >= 0.3 is 0 Å². The maximum atomic E-state index is 3.47. The lowest BCUT2D eigenvalue weighted by atomic mass is 10.3. The number of hydrogen-bond acceptors (Lipinski definition) is 1. The lowest BCUT2D eigenvalue weighted by Gasteiger charge is -2.07. The molecule has 1 aliphatic rings. The van der Waals surface area contributed by atoms with E-state index in [2.05, 4.69) is 24.1 Å². The summed E-state index contributed by atoms with van der Waals surface area (Å²) in [5.41, 5.74) is 0.482. The maximum Gasteiger partial charge on any atom is 0.0214 e. The first kappa shape index (κ1) is 7.63. The van der Waals surface area contributed by atoms with Crippen LogP contribution in [0.3, 0.4) is 0 Å². The van der Waals surface area contributed by atoms with Crippen LogP contribution in [0.4, 0.5) is 0 Å². The van der Waals surface area contributed by atoms with Crippen LogP contribution in [-0.2, 0) is 0 Å². The number of nitrogens with one attached hydrogen (secondary N) is 1. The molecule has 0 aliphatic heterocycles. The predicted octanol–water partition coefficient (Wildman–Crippen LogP) is 1.54. The number of hydrogen-bond donors (Lipinski definition) is 1. The van der Waals surface area contributed by atoms with E-state index in [0.717, 1.165) is 13.0 Å². The molecule has 1 nitrogen and oxygen atoms in total. The van der Waals surface area contributed by atoms with Crippen molar-refractivity contribution < 1.29 is 0 Å². The fraction of sp³-hybridized carbons (Fsp3) is 0.778. The van der Waals surface area contributed by atoms with Gasteiger partial charge in [-0.05, 0) is 26.7 Å². The first-order valence-corrected chi connectivity index (χ1v) is 3.91. The van der Waals surface area contributed by atoms with Crippen LogP contribution in [-0.4, -0.2) is 12.1 Å². The van der Waals surface area contributed by atoms with Crippen molar-refractivity contribution in [2.45, 2.75) is 38.6 Å². The average molecular weight is 137 g/mol. The highest BCUT2D eigenvalue weighted by molar-refractivity contribution is 5.00. The third-order valence-corrected chi connectivity index (χ3v) is 1.98. The molecule has 1 saturated carbocycles. The molecule has 10 heavy (non-hydrogen) atoms. The summed E-state index contributed by atoms with van der Waals surface area (Å²) in [5, 5.41) is 3.47. The van der Waals surface area contributed by atoms with E-state index in [9.17, 15) is 0 Å². The van der Waals surface area contributed by atoms with Crippen LogP contribution in [0.2, 0.25) is 0 Å². The molecular formula is C9H15N. The van der Waals surface area contributed by atoms with E-state index < -0.39 is 0 Å². The van der Waals surface area contributed by atoms with Crippen LogP contribution >= 0.6 is 0 Å². The fourth-order valence-electron chi connectivity index (χ4n) is 0.916. The van der Waals surface area contributed by atoms with Gasteiger partial charge in [0.15, 0.2) is 0 Å². The highest BCUT2D eigenvalue weighted by Gasteiger charge is 2.35. The smallest absolute Gasteiger partial charge is 0.0214 e. The second kappa shape index (κ2) is 3.07. The van der Waals surface area contributed by atoms with Crippen molar-refractivity contribution >= 4 is 0 Å². The Morgan fingerprint density at radius 2 is 2.20 bits per heavy atom. The molecule has 1 rings (SSSR count). The van der Waals surface area contributed by atoms with Crippen LogP contribution in [0.1, 0.15) is 33.1 Å². The summed E-state index contributed by atoms with van der Waals surface area (Å²) in [6.07, 6.45) is 3.67. The molecule has 0 spiro atoms. The monoisotopic (exact) mass is 137 g/mol. The van der Waals surface area contributed by atoms with E-state index in [1.807, 2.05) is 6.92 Å². The van der Waals surface area contributed by atoms with Gasteiger partial charge in [0.05, 0.1) is 0 Å². The van der Waals surface area contributed by atoms with Crippen molar-refractivity contribution in [1.82, 2.24) is 5.32 Å². The highest BCUT2D eigenvalue weighted by Crippen LogP contribution is 2.33. The first-order valence-electron chi connectivity index (χ1n) is 3.91. The molecule has 56 valence electrons. The Balaban J connectivity index is 1.99. The van der Waals surface area contributed by atoms with Gasteiger partial charge in [0.25, 0.3) is 0 Å². The van der Waals surface area contributed by atoms with Crippen LogP contribution in [0.5, 0.6) is 0 Å². The Hall–Kier alpha value is -0.480. The molecule has 0 amide bonds. The molecule has 0 bridgehead atoms. The fourth-order valence-corrected chi connectivity index (χ4v) is 0.916. The zero-order chi connectivity index (χ0) is 7.45. The van der Waals surface area contributed by atoms with Gasteiger partial charge < -0.3 is 5.32 Å². The Bertz CT molecular complexity index is 157. The third kappa shape index (κ3) is 2.41. The SMILES string of the molecule is CC#CCCNC1(C)CC1. The quantitative estimate of drug-likeness (QED) is 0.459. The molecule has 0 radical (unpaired) electrons. The van der Waals surface area contributed by atoms with Gasteiger partial charge in [0.1, 0.15) is 0 Å². The van der Waals surface area contributed by atoms with Gasteiger partial charge in [-0.25, -0.2) is 0 Å². The second-order valence-corrected chi connectivity index (χ2v) is 3.16. The van der Waals surface area contributed by atoms with Gasteiger partial charge in [-0.3, -0.25) is 0 Å². The van der Waals surface area contributed by atoms with Gasteiger partial charge in [0.2, 0.25) is 0 Å². The molecule has 0 aromatic heterocycles. The van der Waals surface area contributed by atoms with E-state index >= 15 is 0 Å². The molecule has 0 heterocycles. The Labute approximate surface area is 63.2 Å². The minimum Gasteiger partial charge on any atom is -0.311 e. The van der Waals surface area contributed by atoms with Crippen molar-refractivity contribution in [2.24, 2.45) is 0 Å². The van der Waals surface area contributed by atoms with Crippen molar-refractivity contribution in [3.05, 3.63) is 0 Å². The normalized spacial score (nSPS) is 19.4. The van der Waals surface area contributed by atoms with Crippen molar-refractivity contribution in [2.75, 3.05) is 6.54 Å². The maximum absolute atomic E-state index is 3.47. The lowest BCUT2D eigenvalue weighted by molar-refractivity contribution is 0.547. The van der Waals surface area contributed by atoms with Crippen molar-refractivity contribution in [3.8, 4) is 11.8 Å². The van der Waals surface area contributed by atoms with Crippen LogP contribution < -0.4 is 5.32 Å².